The summed E-state index contributed by atoms with van der Waals surface area (Å²) in [6, 6.07) is 0.906. The Labute approximate surface area is 246 Å². The first-order valence-electron chi connectivity index (χ1n) is 12.2. The third-order valence-electron chi connectivity index (χ3n) is 5.71. The third-order valence-corrected chi connectivity index (χ3v) is 9.05. The van der Waals surface area contributed by atoms with Crippen molar-refractivity contribution in [1.82, 2.24) is 35.7 Å². The van der Waals surface area contributed by atoms with Crippen LogP contribution in [0.2, 0.25) is 0 Å². The number of hydrogen-bond donors (Lipinski definition) is 4. The number of β-lactam (4-membered cyclic amide) rings is 1. The van der Waals surface area contributed by atoms with Gasteiger partial charge in [-0.15, -0.1) is 28.2 Å². The Bertz CT molecular complexity index is 1400. The Balaban J connectivity index is 1.35. The van der Waals surface area contributed by atoms with E-state index in [0.717, 1.165) is 22.0 Å². The number of thioether (sulfide) groups is 2. The van der Waals surface area contributed by atoms with E-state index in [2.05, 4.69) is 26.2 Å². The van der Waals surface area contributed by atoms with Crippen molar-refractivity contribution in [2.75, 3.05) is 11.5 Å². The maximum Gasteiger partial charge on any atom is 0.407 e. The summed E-state index contributed by atoms with van der Waals surface area (Å²) in [4.78, 5) is 62.8. The number of carbonyl (C=O) groups excluding carboxylic acids is 3. The van der Waals surface area contributed by atoms with Crippen LogP contribution in [-0.2, 0) is 43.4 Å². The van der Waals surface area contributed by atoms with Gasteiger partial charge < -0.3 is 25.6 Å². The number of rotatable bonds is 11. The van der Waals surface area contributed by atoms with Gasteiger partial charge in [-0.25, -0.2) is 14.3 Å². The lowest BCUT2D eigenvalue weighted by molar-refractivity contribution is -0.150. The zero-order chi connectivity index (χ0) is 29.9. The number of aromatic nitrogens is 4. The van der Waals surface area contributed by atoms with Gasteiger partial charge in [0.25, 0.3) is 5.91 Å². The minimum atomic E-state index is -1.28. The fraction of sp³-hybridized carbons (Fsp3) is 0.478. The van der Waals surface area contributed by atoms with Crippen LogP contribution in [0.5, 0.6) is 0 Å². The molecule has 2 atom stereocenters. The summed E-state index contributed by atoms with van der Waals surface area (Å²) < 4.78 is 6.31. The van der Waals surface area contributed by atoms with Crippen molar-refractivity contribution >= 4 is 64.7 Å². The number of carboxylic acid groups (broad SMARTS) is 2. The molecule has 3 amide bonds. The first-order chi connectivity index (χ1) is 19.3. The molecule has 220 valence electrons. The molecule has 18 heteroatoms. The number of tetrazole rings is 1. The highest BCUT2D eigenvalue weighted by Gasteiger charge is 2.54. The Morgan fingerprint density at radius 1 is 1.24 bits per heavy atom. The number of carboxylic acids is 2. The van der Waals surface area contributed by atoms with E-state index < -0.39 is 53.4 Å². The van der Waals surface area contributed by atoms with Crippen LogP contribution in [0.25, 0.3) is 0 Å². The predicted octanol–water partition coefficient (Wildman–Crippen LogP) is 0.917. The summed E-state index contributed by atoms with van der Waals surface area (Å²) in [5, 5.41) is 36.5. The van der Waals surface area contributed by atoms with E-state index in [1.54, 1.807) is 32.2 Å². The molecule has 1 unspecified atom stereocenters. The summed E-state index contributed by atoms with van der Waals surface area (Å²) in [5.41, 5.74) is 0.393. The van der Waals surface area contributed by atoms with Crippen LogP contribution in [0.15, 0.2) is 27.9 Å². The molecule has 0 spiro atoms. The van der Waals surface area contributed by atoms with Gasteiger partial charge in [-0.2, -0.15) is 0 Å². The number of nitrogens with one attached hydrogen (secondary N) is 2. The van der Waals surface area contributed by atoms with Gasteiger partial charge in [0.2, 0.25) is 11.1 Å². The van der Waals surface area contributed by atoms with Gasteiger partial charge in [-0.3, -0.25) is 19.3 Å². The normalized spacial score (nSPS) is 18.4. The minimum Gasteiger partial charge on any atom is -0.480 e. The van der Waals surface area contributed by atoms with Crippen LogP contribution < -0.4 is 10.6 Å². The quantitative estimate of drug-likeness (QED) is 0.203. The number of nitrogens with zero attached hydrogens (tertiary/aromatic N) is 5. The number of carbonyl (C=O) groups is 5. The van der Waals surface area contributed by atoms with Crippen molar-refractivity contribution in [3.63, 3.8) is 0 Å². The molecule has 2 aromatic rings. The minimum absolute atomic E-state index is 0.0151. The second kappa shape index (κ2) is 12.5. The van der Waals surface area contributed by atoms with E-state index in [1.807, 2.05) is 0 Å². The summed E-state index contributed by atoms with van der Waals surface area (Å²) >= 11 is 3.73. The largest absolute Gasteiger partial charge is 0.480 e. The first kappa shape index (κ1) is 30.3. The van der Waals surface area contributed by atoms with Crippen molar-refractivity contribution in [2.45, 2.75) is 62.5 Å². The lowest BCUT2D eigenvalue weighted by atomic mass is 10.0. The Morgan fingerprint density at radius 2 is 2.00 bits per heavy atom. The van der Waals surface area contributed by atoms with Gasteiger partial charge in [0.1, 0.15) is 29.3 Å². The molecule has 2 aromatic heterocycles. The zero-order valence-electron chi connectivity index (χ0n) is 22.1. The molecule has 15 nitrogen and oxygen atoms in total. The smallest absolute Gasteiger partial charge is 0.407 e. The SMILES string of the molecule is CC(C)(C)OC(=O)NCc1ccsc1CC(=O)NC1C(=O)N2C(C(=O)O)=C(CSc3nnnn3CC(=O)O)CS[C@H]12. The molecule has 0 bridgehead atoms. The van der Waals surface area contributed by atoms with Crippen LogP contribution in [0.3, 0.4) is 0 Å². The molecule has 4 rings (SSSR count). The standard InChI is InChI=1S/C23H27N7O8S3/c1-23(2,3)38-22(37)24-7-11-4-5-39-13(11)6-14(31)25-16-18(34)30-17(20(35)36)12(9-40-19(16)30)10-41-21-26-27-28-29(21)8-15(32)33/h4-5,16,19H,6-10H2,1-3H3,(H,24,37)(H,25,31)(H,32,33)(H,35,36)/t16?,19-/m1/s1. The van der Waals surface area contributed by atoms with Gasteiger partial charge in [-0.1, -0.05) is 11.8 Å². The van der Waals surface area contributed by atoms with Crippen LogP contribution in [0, 0.1) is 0 Å². The van der Waals surface area contributed by atoms with Gasteiger partial charge >= 0.3 is 18.0 Å². The number of ether oxygens (including phenoxy) is 1. The topological polar surface area (TPSA) is 206 Å². The highest BCUT2D eigenvalue weighted by Crippen LogP contribution is 2.41. The Kier molecular flexibility index (Phi) is 9.23. The molecule has 2 aliphatic rings. The molecular formula is C23H27N7O8S3. The fourth-order valence-corrected chi connectivity index (χ4v) is 7.27. The third kappa shape index (κ3) is 7.36. The first-order valence-corrected chi connectivity index (χ1v) is 15.1. The number of alkyl carbamates (subject to hydrolysis) is 1. The molecule has 41 heavy (non-hydrogen) atoms. The van der Waals surface area contributed by atoms with Gasteiger partial charge in [0.05, 0.1) is 6.42 Å². The average molecular weight is 626 g/mol. The van der Waals surface area contributed by atoms with E-state index >= 15 is 0 Å². The summed E-state index contributed by atoms with van der Waals surface area (Å²) in [6.45, 7) is 4.99. The Hall–Kier alpha value is -3.64. The number of thiophene rings is 1. The lowest BCUT2D eigenvalue weighted by Crippen LogP contribution is -2.70. The van der Waals surface area contributed by atoms with Crippen molar-refractivity contribution in [3.8, 4) is 0 Å². The van der Waals surface area contributed by atoms with E-state index in [4.69, 9.17) is 9.84 Å². The predicted molar refractivity (Wildman–Crippen MR) is 147 cm³/mol. The maximum absolute atomic E-state index is 13.0. The molecule has 0 aromatic carbocycles. The molecule has 4 heterocycles. The molecule has 0 aliphatic carbocycles. The molecule has 4 N–H and O–H groups in total. The number of fused-ring (bicyclic) bond motifs is 1. The monoisotopic (exact) mass is 625 g/mol. The summed E-state index contributed by atoms with van der Waals surface area (Å²) in [7, 11) is 0. The van der Waals surface area contributed by atoms with Crippen molar-refractivity contribution < 1.29 is 38.9 Å². The number of amides is 3. The maximum atomic E-state index is 13.0. The zero-order valence-corrected chi connectivity index (χ0v) is 24.6. The summed E-state index contributed by atoms with van der Waals surface area (Å²) in [5.74, 6) is -2.95. The molecule has 1 saturated heterocycles. The number of hydrogen-bond acceptors (Lipinski definition) is 12. The van der Waals surface area contributed by atoms with Crippen molar-refractivity contribution in [2.24, 2.45) is 0 Å². The Morgan fingerprint density at radius 3 is 2.68 bits per heavy atom. The van der Waals surface area contributed by atoms with E-state index in [0.29, 0.717) is 10.5 Å². The van der Waals surface area contributed by atoms with Crippen LogP contribution >= 0.6 is 34.9 Å². The van der Waals surface area contributed by atoms with Gasteiger partial charge in [0, 0.05) is 22.9 Å². The highest BCUT2D eigenvalue weighted by molar-refractivity contribution is 8.01. The second-order valence-corrected chi connectivity index (χ2v) is 13.0. The number of aliphatic carboxylic acids is 2. The molecule has 1 fully saturated rings. The fourth-order valence-electron chi connectivity index (χ4n) is 4.00. The van der Waals surface area contributed by atoms with Gasteiger partial charge in [0.15, 0.2) is 0 Å². The van der Waals surface area contributed by atoms with Crippen LogP contribution in [0.1, 0.15) is 31.2 Å². The lowest BCUT2D eigenvalue weighted by Gasteiger charge is -2.49. The average Bonchev–Trinajstić information content (AvgIpc) is 3.51. The van der Waals surface area contributed by atoms with E-state index in [1.165, 1.54) is 28.0 Å². The van der Waals surface area contributed by atoms with E-state index in [-0.39, 0.29) is 35.3 Å². The molecule has 0 saturated carbocycles. The van der Waals surface area contributed by atoms with Gasteiger partial charge in [-0.05, 0) is 53.8 Å². The van der Waals surface area contributed by atoms with Crippen LogP contribution in [0.4, 0.5) is 4.79 Å². The van der Waals surface area contributed by atoms with Crippen molar-refractivity contribution in [3.05, 3.63) is 33.2 Å². The van der Waals surface area contributed by atoms with Crippen molar-refractivity contribution in [1.29, 1.82) is 0 Å². The molecule has 0 radical (unpaired) electrons. The van der Waals surface area contributed by atoms with Crippen LogP contribution in [-0.4, -0.2) is 93.7 Å². The molecular weight excluding hydrogens is 598 g/mol. The second-order valence-electron chi connectivity index (χ2n) is 9.92. The molecule has 2 aliphatic heterocycles. The summed E-state index contributed by atoms with van der Waals surface area (Å²) in [6.07, 6.45) is -0.592. The highest BCUT2D eigenvalue weighted by atomic mass is 32.2. The van der Waals surface area contributed by atoms with E-state index in [9.17, 15) is 29.1 Å².